The van der Waals surface area contributed by atoms with Crippen LogP contribution in [0.3, 0.4) is 0 Å². The highest BCUT2D eigenvalue weighted by Gasteiger charge is 2.32. The number of alkyl halides is 3. The number of rotatable bonds is 2. The lowest BCUT2D eigenvalue weighted by Crippen LogP contribution is -2.17. The number of nitrogen functional groups attached to an aromatic ring is 1. The summed E-state index contributed by atoms with van der Waals surface area (Å²) < 4.78 is 40.8. The Hall–Kier alpha value is -2.02. The molecular weight excluding hydrogens is 283 g/mol. The van der Waals surface area contributed by atoms with Crippen LogP contribution in [0.15, 0.2) is 30.6 Å². The third-order valence-corrected chi connectivity index (χ3v) is 2.56. The molecule has 8 heteroatoms. The molecule has 100 valence electrons. The first-order chi connectivity index (χ1) is 8.88. The van der Waals surface area contributed by atoms with E-state index >= 15 is 0 Å². The number of benzene rings is 1. The zero-order chi connectivity index (χ0) is 14.0. The first-order valence-electron chi connectivity index (χ1n) is 4.99. The van der Waals surface area contributed by atoms with Crippen molar-refractivity contribution in [1.29, 1.82) is 0 Å². The van der Waals surface area contributed by atoms with E-state index in [1.807, 2.05) is 0 Å². The number of anilines is 1. The topological polar surface area (TPSA) is 61.0 Å². The molecule has 0 aliphatic heterocycles. The van der Waals surface area contributed by atoms with Crippen LogP contribution in [0.1, 0.15) is 0 Å². The molecule has 0 saturated carbocycles. The van der Waals surface area contributed by atoms with E-state index < -0.39 is 12.1 Å². The number of halogens is 4. The summed E-state index contributed by atoms with van der Waals surface area (Å²) in [5, 5.41) is -0.0271. The summed E-state index contributed by atoms with van der Waals surface area (Å²) in [6.45, 7) is 0. The summed E-state index contributed by atoms with van der Waals surface area (Å²) in [6.07, 6.45) is -3.69. The fraction of sp³-hybridized carbons (Fsp3) is 0.0909. The first-order valence-corrected chi connectivity index (χ1v) is 5.37. The van der Waals surface area contributed by atoms with Gasteiger partial charge in [0.15, 0.2) is 0 Å². The highest BCUT2D eigenvalue weighted by atomic mass is 35.5. The van der Waals surface area contributed by atoms with Crippen LogP contribution in [0.2, 0.25) is 5.02 Å². The summed E-state index contributed by atoms with van der Waals surface area (Å²) in [7, 11) is 0. The minimum Gasteiger partial charge on any atom is -0.405 e. The maximum absolute atomic E-state index is 12.3. The van der Waals surface area contributed by atoms with E-state index in [9.17, 15) is 13.2 Å². The molecule has 0 radical (unpaired) electrons. The van der Waals surface area contributed by atoms with Gasteiger partial charge in [-0.1, -0.05) is 23.7 Å². The van der Waals surface area contributed by atoms with Gasteiger partial charge in [-0.2, -0.15) is 0 Å². The fourth-order valence-corrected chi connectivity index (χ4v) is 1.65. The molecule has 1 aromatic heterocycles. The van der Waals surface area contributed by atoms with Gasteiger partial charge in [-0.05, 0) is 12.1 Å². The third-order valence-electron chi connectivity index (χ3n) is 2.18. The van der Waals surface area contributed by atoms with Crippen LogP contribution in [0.5, 0.6) is 5.75 Å². The second-order valence-corrected chi connectivity index (χ2v) is 3.84. The number of nitrogens with zero attached hydrogens (tertiary/aromatic N) is 2. The van der Waals surface area contributed by atoms with Crippen molar-refractivity contribution in [3.05, 3.63) is 35.6 Å². The van der Waals surface area contributed by atoms with E-state index in [0.717, 1.165) is 12.4 Å². The number of ether oxygens (including phenoxy) is 1. The van der Waals surface area contributed by atoms with Crippen molar-refractivity contribution in [1.82, 2.24) is 9.97 Å². The number of hydrogen-bond acceptors (Lipinski definition) is 4. The Kier molecular flexibility index (Phi) is 3.48. The van der Waals surface area contributed by atoms with E-state index in [1.54, 1.807) is 0 Å². The van der Waals surface area contributed by atoms with Crippen LogP contribution in [0, 0.1) is 0 Å². The van der Waals surface area contributed by atoms with Crippen LogP contribution in [0.25, 0.3) is 11.3 Å². The molecule has 0 aliphatic carbocycles. The van der Waals surface area contributed by atoms with Crippen molar-refractivity contribution < 1.29 is 17.9 Å². The average Bonchev–Trinajstić information content (AvgIpc) is 2.32. The molecule has 0 saturated heterocycles. The highest BCUT2D eigenvalue weighted by Crippen LogP contribution is 2.36. The van der Waals surface area contributed by atoms with E-state index in [0.29, 0.717) is 0 Å². The molecule has 0 unspecified atom stereocenters. The van der Waals surface area contributed by atoms with Gasteiger partial charge in [-0.3, -0.25) is 0 Å². The minimum absolute atomic E-state index is 0.0199. The molecule has 2 aromatic rings. The second kappa shape index (κ2) is 4.93. The van der Waals surface area contributed by atoms with Crippen LogP contribution in [-0.4, -0.2) is 16.3 Å². The quantitative estimate of drug-likeness (QED) is 0.921. The predicted molar refractivity (Wildman–Crippen MR) is 63.6 cm³/mol. The molecule has 19 heavy (non-hydrogen) atoms. The number of para-hydroxylation sites is 1. The second-order valence-electron chi connectivity index (χ2n) is 3.47. The highest BCUT2D eigenvalue weighted by molar-refractivity contribution is 6.35. The largest absolute Gasteiger partial charge is 0.573 e. The summed E-state index contributed by atoms with van der Waals surface area (Å²) in [4.78, 5) is 7.47. The molecule has 1 aromatic carbocycles. The average molecular weight is 290 g/mol. The van der Waals surface area contributed by atoms with Crippen molar-refractivity contribution in [2.45, 2.75) is 6.36 Å². The van der Waals surface area contributed by atoms with Gasteiger partial charge in [-0.25, -0.2) is 9.97 Å². The Morgan fingerprint density at radius 1 is 1.16 bits per heavy atom. The minimum atomic E-state index is -4.80. The molecule has 2 rings (SSSR count). The Morgan fingerprint density at radius 2 is 1.84 bits per heavy atom. The first kappa shape index (κ1) is 13.4. The molecule has 0 fully saturated rings. The summed E-state index contributed by atoms with van der Waals surface area (Å²) in [6, 6.07) is 5.50. The lowest BCUT2D eigenvalue weighted by atomic mass is 10.1. The van der Waals surface area contributed by atoms with Crippen molar-refractivity contribution in [2.75, 3.05) is 5.73 Å². The molecule has 0 aliphatic rings. The lowest BCUT2D eigenvalue weighted by Gasteiger charge is -2.13. The van der Waals surface area contributed by atoms with Gasteiger partial charge in [-0.15, -0.1) is 13.2 Å². The molecule has 0 atom stereocenters. The molecule has 2 N–H and O–H groups in total. The smallest absolute Gasteiger partial charge is 0.405 e. The van der Waals surface area contributed by atoms with E-state index in [1.165, 1.54) is 18.2 Å². The van der Waals surface area contributed by atoms with Crippen molar-refractivity contribution in [3.63, 3.8) is 0 Å². The van der Waals surface area contributed by atoms with Crippen molar-refractivity contribution in [2.24, 2.45) is 0 Å². The number of aromatic nitrogens is 2. The Labute approximate surface area is 111 Å². The van der Waals surface area contributed by atoms with Gasteiger partial charge in [0.1, 0.15) is 22.9 Å². The zero-order valence-electron chi connectivity index (χ0n) is 9.28. The van der Waals surface area contributed by atoms with Crippen molar-refractivity contribution >= 4 is 17.4 Å². The summed E-state index contributed by atoms with van der Waals surface area (Å²) >= 11 is 5.88. The monoisotopic (exact) mass is 289 g/mol. The molecule has 0 spiro atoms. The molecule has 4 nitrogen and oxygen atoms in total. The van der Waals surface area contributed by atoms with Gasteiger partial charge >= 0.3 is 6.36 Å². The van der Waals surface area contributed by atoms with Gasteiger partial charge in [0.2, 0.25) is 0 Å². The van der Waals surface area contributed by atoms with Gasteiger partial charge in [0, 0.05) is 5.56 Å². The fourth-order valence-electron chi connectivity index (χ4n) is 1.45. The van der Waals surface area contributed by atoms with Crippen LogP contribution in [0.4, 0.5) is 19.0 Å². The van der Waals surface area contributed by atoms with Crippen molar-refractivity contribution in [3.8, 4) is 17.0 Å². The molecule has 0 bridgehead atoms. The SMILES string of the molecule is Nc1ncnc(-c2ccccc2OC(F)(F)F)c1Cl. The van der Waals surface area contributed by atoms with E-state index in [4.69, 9.17) is 17.3 Å². The van der Waals surface area contributed by atoms with Gasteiger partial charge in [0.25, 0.3) is 0 Å². The zero-order valence-corrected chi connectivity index (χ0v) is 10.0. The lowest BCUT2D eigenvalue weighted by molar-refractivity contribution is -0.274. The van der Waals surface area contributed by atoms with Crippen LogP contribution >= 0.6 is 11.6 Å². The molecule has 0 amide bonds. The Morgan fingerprint density at radius 3 is 2.53 bits per heavy atom. The van der Waals surface area contributed by atoms with E-state index in [2.05, 4.69) is 14.7 Å². The van der Waals surface area contributed by atoms with E-state index in [-0.39, 0.29) is 22.1 Å². The summed E-state index contributed by atoms with van der Waals surface area (Å²) in [5.41, 5.74) is 5.65. The number of nitrogens with two attached hydrogens (primary N) is 1. The molecular formula is C11H7ClF3N3O. The van der Waals surface area contributed by atoms with Crippen LogP contribution < -0.4 is 10.5 Å². The third kappa shape index (κ3) is 3.05. The number of hydrogen-bond donors (Lipinski definition) is 1. The normalized spacial score (nSPS) is 11.4. The summed E-state index contributed by atoms with van der Waals surface area (Å²) in [5.74, 6) is -0.427. The maximum Gasteiger partial charge on any atom is 0.573 e. The Bertz CT molecular complexity index is 604. The predicted octanol–water partition coefficient (Wildman–Crippen LogP) is 3.28. The maximum atomic E-state index is 12.3. The molecule has 1 heterocycles. The van der Waals surface area contributed by atoms with Crippen LogP contribution in [-0.2, 0) is 0 Å². The van der Waals surface area contributed by atoms with Gasteiger partial charge in [0.05, 0.1) is 5.69 Å². The van der Waals surface area contributed by atoms with Gasteiger partial charge < -0.3 is 10.5 Å². The standard InChI is InChI=1S/C11H7ClF3N3O/c12-8-9(17-5-18-10(8)16)6-3-1-2-4-7(6)19-11(13,14)15/h1-5H,(H2,16,17,18). The Balaban J connectivity index is 2.54.